The van der Waals surface area contributed by atoms with Gasteiger partial charge in [0.05, 0.1) is 39.6 Å². The van der Waals surface area contributed by atoms with Crippen molar-refractivity contribution in [1.82, 2.24) is 24.7 Å². The lowest BCUT2D eigenvalue weighted by atomic mass is 10.0. The first-order chi connectivity index (χ1) is 22.5. The summed E-state index contributed by atoms with van der Waals surface area (Å²) in [6, 6.07) is 12.1. The number of fused-ring (bicyclic) bond motifs is 1. The van der Waals surface area contributed by atoms with Gasteiger partial charge in [0, 0.05) is 83.7 Å². The molecule has 3 aromatic heterocycles. The molecule has 2 aliphatic heterocycles. The lowest BCUT2D eigenvalue weighted by Gasteiger charge is -2.36. The van der Waals surface area contributed by atoms with E-state index in [1.165, 1.54) is 17.4 Å². The Kier molecular flexibility index (Phi) is 9.34. The van der Waals surface area contributed by atoms with Crippen molar-refractivity contribution in [1.29, 1.82) is 0 Å². The molecule has 46 heavy (non-hydrogen) atoms. The molecular formula is C35H38FN5O4S. The number of ether oxygens (including phenoxy) is 2. The zero-order valence-electron chi connectivity index (χ0n) is 25.8. The number of rotatable bonds is 11. The molecule has 0 bridgehead atoms. The highest BCUT2D eigenvalue weighted by atomic mass is 32.1. The maximum atomic E-state index is 15.0. The van der Waals surface area contributed by atoms with Crippen molar-refractivity contribution in [2.75, 3.05) is 65.6 Å². The molecule has 1 aliphatic carbocycles. The highest BCUT2D eigenvalue weighted by molar-refractivity contribution is 7.22. The summed E-state index contributed by atoms with van der Waals surface area (Å²) < 4.78 is 27.2. The van der Waals surface area contributed by atoms with E-state index in [0.717, 1.165) is 80.6 Å². The number of benzene rings is 1. The normalized spacial score (nSPS) is 17.8. The smallest absolute Gasteiger partial charge is 0.255 e. The number of amides is 1. The van der Waals surface area contributed by atoms with Gasteiger partial charge >= 0.3 is 0 Å². The Morgan fingerprint density at radius 1 is 0.913 bits per heavy atom. The molecule has 1 amide bonds. The molecule has 1 saturated carbocycles. The fraction of sp³-hybridized carbons (Fsp3) is 0.429. The lowest BCUT2D eigenvalue weighted by molar-refractivity contribution is -0.118. The number of carbonyl (C=O) groups is 2. The molecule has 0 radical (unpaired) electrons. The van der Waals surface area contributed by atoms with Gasteiger partial charge in [-0.1, -0.05) is 6.07 Å². The van der Waals surface area contributed by atoms with Gasteiger partial charge in [-0.3, -0.25) is 29.4 Å². The van der Waals surface area contributed by atoms with Gasteiger partial charge < -0.3 is 14.4 Å². The number of piperazine rings is 1. The zero-order valence-corrected chi connectivity index (χ0v) is 26.6. The minimum Gasteiger partial charge on any atom is -0.453 e. The van der Waals surface area contributed by atoms with Crippen molar-refractivity contribution >= 4 is 33.2 Å². The fourth-order valence-electron chi connectivity index (χ4n) is 6.05. The van der Waals surface area contributed by atoms with Crippen molar-refractivity contribution in [3.05, 3.63) is 71.8 Å². The number of hydrogen-bond donors (Lipinski definition) is 0. The molecule has 9 nitrogen and oxygen atoms in total. The van der Waals surface area contributed by atoms with Crippen LogP contribution in [-0.2, 0) is 16.0 Å². The summed E-state index contributed by atoms with van der Waals surface area (Å²) in [5.74, 6) is 0.754. The highest BCUT2D eigenvalue weighted by Crippen LogP contribution is 2.39. The highest BCUT2D eigenvalue weighted by Gasteiger charge is 2.25. The van der Waals surface area contributed by atoms with E-state index in [4.69, 9.17) is 9.47 Å². The van der Waals surface area contributed by atoms with E-state index < -0.39 is 5.82 Å². The van der Waals surface area contributed by atoms with Gasteiger partial charge in [-0.15, -0.1) is 11.3 Å². The minimum absolute atomic E-state index is 0.000831. The standard InChI is InChI=1S/C35H38FN5O4S/c36-28-21-25(20-27(42)19-24-1-2-24)3-6-31(28)45-32-7-8-37-30-22-33(46-34(30)32)29-5-4-26(23-38-29)35(43)41-13-11-39(12-14-41)9-10-40-15-17-44-18-16-40/h3-8,21-24H,1-2,9-20H2. The predicted molar refractivity (Wildman–Crippen MR) is 175 cm³/mol. The third-order valence-electron chi connectivity index (χ3n) is 8.97. The molecule has 3 fully saturated rings. The summed E-state index contributed by atoms with van der Waals surface area (Å²) in [6.07, 6.45) is 6.34. The number of carbonyl (C=O) groups excluding carboxylic acids is 2. The number of hydrogen-bond acceptors (Lipinski definition) is 9. The molecule has 240 valence electrons. The van der Waals surface area contributed by atoms with E-state index in [1.54, 1.807) is 30.6 Å². The Labute approximate surface area is 271 Å². The van der Waals surface area contributed by atoms with Crippen LogP contribution in [0.3, 0.4) is 0 Å². The van der Waals surface area contributed by atoms with Crippen LogP contribution in [0, 0.1) is 11.7 Å². The van der Waals surface area contributed by atoms with E-state index in [1.807, 2.05) is 23.1 Å². The Bertz CT molecular complexity index is 1700. The van der Waals surface area contributed by atoms with E-state index in [0.29, 0.717) is 47.8 Å². The Morgan fingerprint density at radius 2 is 1.70 bits per heavy atom. The fourth-order valence-corrected chi connectivity index (χ4v) is 7.09. The topological polar surface area (TPSA) is 88.1 Å². The largest absolute Gasteiger partial charge is 0.453 e. The Hall–Kier alpha value is -3.77. The van der Waals surface area contributed by atoms with Crippen molar-refractivity contribution in [3.8, 4) is 22.1 Å². The summed E-state index contributed by atoms with van der Waals surface area (Å²) in [4.78, 5) is 42.2. The number of aromatic nitrogens is 2. The monoisotopic (exact) mass is 643 g/mol. The van der Waals surface area contributed by atoms with E-state index >= 15 is 0 Å². The first-order valence-corrected chi connectivity index (χ1v) is 16.9. The molecule has 0 atom stereocenters. The second kappa shape index (κ2) is 13.9. The summed E-state index contributed by atoms with van der Waals surface area (Å²) in [6.45, 7) is 8.81. The van der Waals surface area contributed by atoms with E-state index in [2.05, 4.69) is 19.8 Å². The second-order valence-corrected chi connectivity index (χ2v) is 13.4. The van der Waals surface area contributed by atoms with Crippen LogP contribution in [0.1, 0.15) is 35.2 Å². The number of pyridine rings is 2. The van der Waals surface area contributed by atoms with Crippen molar-refractivity contribution in [2.45, 2.75) is 25.7 Å². The maximum absolute atomic E-state index is 15.0. The number of nitrogens with zero attached hydrogens (tertiary/aromatic N) is 5. The second-order valence-electron chi connectivity index (χ2n) is 12.4. The van der Waals surface area contributed by atoms with Crippen LogP contribution in [0.15, 0.2) is 54.9 Å². The first-order valence-electron chi connectivity index (χ1n) is 16.1. The Morgan fingerprint density at radius 3 is 2.41 bits per heavy atom. The molecule has 3 aliphatic rings. The van der Waals surface area contributed by atoms with Gasteiger partial charge in [-0.2, -0.15) is 0 Å². The number of thiophene rings is 1. The molecule has 11 heteroatoms. The van der Waals surface area contributed by atoms with E-state index in [9.17, 15) is 14.0 Å². The molecule has 4 aromatic rings. The maximum Gasteiger partial charge on any atom is 0.255 e. The predicted octanol–water partition coefficient (Wildman–Crippen LogP) is 5.29. The van der Waals surface area contributed by atoms with Crippen LogP contribution in [0.4, 0.5) is 4.39 Å². The molecule has 0 spiro atoms. The molecule has 1 aromatic carbocycles. The summed E-state index contributed by atoms with van der Waals surface area (Å²) in [5.41, 5.74) is 2.67. The van der Waals surface area contributed by atoms with E-state index in [-0.39, 0.29) is 23.9 Å². The van der Waals surface area contributed by atoms with Crippen LogP contribution in [0.2, 0.25) is 0 Å². The van der Waals surface area contributed by atoms with Gasteiger partial charge in [0.2, 0.25) is 0 Å². The third kappa shape index (κ3) is 7.44. The number of Topliss-reactive ketones (excluding diaryl/α,β-unsaturated/α-hetero) is 1. The number of ketones is 1. The van der Waals surface area contributed by atoms with Crippen LogP contribution < -0.4 is 4.74 Å². The van der Waals surface area contributed by atoms with Gasteiger partial charge in [0.25, 0.3) is 5.91 Å². The number of halogens is 1. The third-order valence-corrected chi connectivity index (χ3v) is 10.1. The zero-order chi connectivity index (χ0) is 31.5. The molecule has 0 N–H and O–H groups in total. The minimum atomic E-state index is -0.505. The molecule has 2 saturated heterocycles. The van der Waals surface area contributed by atoms with Crippen molar-refractivity contribution in [2.24, 2.45) is 5.92 Å². The average Bonchev–Trinajstić information content (AvgIpc) is 3.78. The van der Waals surface area contributed by atoms with Crippen molar-refractivity contribution < 1.29 is 23.5 Å². The molecule has 5 heterocycles. The van der Waals surface area contributed by atoms with Crippen LogP contribution in [-0.4, -0.2) is 102 Å². The molecular weight excluding hydrogens is 605 g/mol. The average molecular weight is 644 g/mol. The summed E-state index contributed by atoms with van der Waals surface area (Å²) in [7, 11) is 0. The summed E-state index contributed by atoms with van der Waals surface area (Å²) in [5, 5.41) is 0. The Balaban J connectivity index is 0.966. The SMILES string of the molecule is O=C(Cc1ccc(Oc2ccnc3cc(-c4ccc(C(=O)N5CCN(CCN6CCOCC6)CC5)cn4)sc23)c(F)c1)CC1CC1. The van der Waals surface area contributed by atoms with Crippen LogP contribution in [0.25, 0.3) is 20.8 Å². The van der Waals surface area contributed by atoms with Crippen molar-refractivity contribution in [3.63, 3.8) is 0 Å². The number of morpholine rings is 1. The van der Waals surface area contributed by atoms with Gasteiger partial charge in [0.1, 0.15) is 11.5 Å². The first kappa shape index (κ1) is 30.9. The molecule has 7 rings (SSSR count). The van der Waals surface area contributed by atoms with Crippen LogP contribution in [0.5, 0.6) is 11.5 Å². The van der Waals surface area contributed by atoms with Crippen LogP contribution >= 0.6 is 11.3 Å². The summed E-state index contributed by atoms with van der Waals surface area (Å²) >= 11 is 1.45. The quantitative estimate of drug-likeness (QED) is 0.218. The molecule has 0 unspecified atom stereocenters. The van der Waals surface area contributed by atoms with Gasteiger partial charge in [0.15, 0.2) is 11.6 Å². The lowest BCUT2D eigenvalue weighted by Crippen LogP contribution is -2.51. The van der Waals surface area contributed by atoms with Gasteiger partial charge in [-0.25, -0.2) is 4.39 Å². The van der Waals surface area contributed by atoms with Gasteiger partial charge in [-0.05, 0) is 54.7 Å².